The van der Waals surface area contributed by atoms with Crippen LogP contribution in [-0.4, -0.2) is 32.2 Å². The van der Waals surface area contributed by atoms with E-state index in [2.05, 4.69) is 73.1 Å². The topological polar surface area (TPSA) is 19.1 Å². The number of hydrogen-bond acceptors (Lipinski definition) is 3. The van der Waals surface area contributed by atoms with Crippen LogP contribution in [0.5, 0.6) is 0 Å². The normalized spacial score (nSPS) is 10.8. The van der Waals surface area contributed by atoms with Crippen molar-refractivity contribution in [1.29, 1.82) is 0 Å². The Morgan fingerprint density at radius 3 is 2.50 bits per heavy atom. The Labute approximate surface area is 146 Å². The number of fused-ring (bicyclic) bond motifs is 2. The lowest BCUT2D eigenvalue weighted by molar-refractivity contribution is 0.814. The highest BCUT2D eigenvalue weighted by molar-refractivity contribution is 7.21. The van der Waals surface area contributed by atoms with Gasteiger partial charge < -0.3 is 4.90 Å². The monoisotopic (exact) mass is 336 g/mol. The molecule has 0 N–H and O–H groups in total. The largest absolute Gasteiger partial charge is 0.364 e. The van der Waals surface area contributed by atoms with E-state index < -0.39 is 0 Å². The van der Waals surface area contributed by atoms with Crippen molar-refractivity contribution >= 4 is 27.2 Å². The van der Waals surface area contributed by atoms with Crippen LogP contribution in [0.4, 0.5) is 5.69 Å². The highest BCUT2D eigenvalue weighted by atomic mass is 32.1. The van der Waals surface area contributed by atoms with E-state index in [0.717, 1.165) is 24.3 Å². The molecule has 3 rings (SSSR count). The quantitative estimate of drug-likeness (QED) is 0.403. The molecule has 0 radical (unpaired) electrons. The molecule has 0 unspecified atom stereocenters. The maximum Gasteiger partial charge on any atom is 0.201 e. The van der Waals surface area contributed by atoms with Crippen LogP contribution in [-0.2, 0) is 0 Å². The average molecular weight is 336 g/mol. The van der Waals surface area contributed by atoms with E-state index in [9.17, 15) is 0 Å². The van der Waals surface area contributed by atoms with Crippen molar-refractivity contribution in [2.75, 3.05) is 32.1 Å². The number of benzene rings is 2. The predicted octanol–water partition coefficient (Wildman–Crippen LogP) is 3.61. The first-order valence-corrected chi connectivity index (χ1v) is 8.76. The minimum Gasteiger partial charge on any atom is -0.364 e. The molecule has 0 amide bonds. The maximum atomic E-state index is 4.80. The molecule has 0 saturated heterocycles. The fourth-order valence-corrected chi connectivity index (χ4v) is 3.71. The van der Waals surface area contributed by atoms with Gasteiger partial charge in [-0.25, -0.2) is 9.56 Å². The molecule has 3 nitrogen and oxygen atoms in total. The summed E-state index contributed by atoms with van der Waals surface area (Å²) in [5.41, 5.74) is 3.24. The summed E-state index contributed by atoms with van der Waals surface area (Å²) < 4.78 is 3.30. The van der Waals surface area contributed by atoms with Gasteiger partial charge in [0, 0.05) is 30.9 Å². The van der Waals surface area contributed by atoms with Gasteiger partial charge in [0.25, 0.3) is 0 Å². The van der Waals surface area contributed by atoms with Crippen molar-refractivity contribution < 1.29 is 0 Å². The molecule has 1 heterocycles. The maximum absolute atomic E-state index is 4.80. The SMILES string of the molecule is C=CCN(CC=C)c1ccc2nc3ccc(=[N+](C)C)cc-3sc2c1. The average Bonchev–Trinajstić information content (AvgIpc) is 2.58. The molecule has 0 spiro atoms. The number of hydrogen-bond donors (Lipinski definition) is 0. The smallest absolute Gasteiger partial charge is 0.201 e. The van der Waals surface area contributed by atoms with Crippen molar-refractivity contribution in [3.8, 4) is 10.6 Å². The second-order valence-corrected chi connectivity index (χ2v) is 6.98. The molecule has 1 aromatic carbocycles. The molecule has 122 valence electrons. The van der Waals surface area contributed by atoms with Crippen LogP contribution in [0, 0.1) is 0 Å². The Balaban J connectivity index is 2.16. The predicted molar refractivity (Wildman–Crippen MR) is 106 cm³/mol. The Hall–Kier alpha value is -2.46. The zero-order valence-corrected chi connectivity index (χ0v) is 15.0. The van der Waals surface area contributed by atoms with Gasteiger partial charge in [-0.3, -0.25) is 0 Å². The minimum absolute atomic E-state index is 0.800. The lowest BCUT2D eigenvalue weighted by Crippen LogP contribution is -2.22. The van der Waals surface area contributed by atoms with E-state index >= 15 is 0 Å². The first-order valence-electron chi connectivity index (χ1n) is 7.94. The van der Waals surface area contributed by atoms with E-state index in [1.807, 2.05) is 12.2 Å². The minimum atomic E-state index is 0.800. The van der Waals surface area contributed by atoms with Crippen LogP contribution < -0.4 is 14.8 Å². The van der Waals surface area contributed by atoms with Gasteiger partial charge in [0.05, 0.1) is 20.8 Å². The summed E-state index contributed by atoms with van der Waals surface area (Å²) in [4.78, 5) is 8.25. The molecule has 1 aromatic rings. The van der Waals surface area contributed by atoms with E-state index in [0.29, 0.717) is 0 Å². The zero-order chi connectivity index (χ0) is 17.1. The number of rotatable bonds is 5. The molecule has 0 saturated carbocycles. The third-order valence-corrected chi connectivity index (χ3v) is 5.02. The lowest BCUT2D eigenvalue weighted by Gasteiger charge is -2.22. The summed E-state index contributed by atoms with van der Waals surface area (Å²) in [5, 5.41) is 1.19. The van der Waals surface area contributed by atoms with E-state index in [1.165, 1.54) is 20.6 Å². The number of aromatic nitrogens is 1. The van der Waals surface area contributed by atoms with Crippen molar-refractivity contribution in [3.63, 3.8) is 0 Å². The van der Waals surface area contributed by atoms with Crippen LogP contribution in [0.3, 0.4) is 0 Å². The summed E-state index contributed by atoms with van der Waals surface area (Å²) in [6.45, 7) is 9.29. The third-order valence-electron chi connectivity index (χ3n) is 3.93. The van der Waals surface area contributed by atoms with Crippen molar-refractivity contribution in [1.82, 2.24) is 9.56 Å². The molecular formula is C20H22N3S+. The molecule has 4 heteroatoms. The van der Waals surface area contributed by atoms with Gasteiger partial charge in [-0.2, -0.15) is 0 Å². The molecule has 1 aliphatic heterocycles. The van der Waals surface area contributed by atoms with Gasteiger partial charge in [0.1, 0.15) is 14.1 Å². The first kappa shape index (κ1) is 16.4. The van der Waals surface area contributed by atoms with Gasteiger partial charge in [-0.15, -0.1) is 24.5 Å². The van der Waals surface area contributed by atoms with E-state index in [-0.39, 0.29) is 0 Å². The van der Waals surface area contributed by atoms with Crippen LogP contribution in [0.2, 0.25) is 0 Å². The van der Waals surface area contributed by atoms with Crippen LogP contribution in [0.15, 0.2) is 61.7 Å². The molecular weight excluding hydrogens is 314 g/mol. The fraction of sp³-hybridized carbons (Fsp3) is 0.200. The Bertz CT molecular complexity index is 925. The highest BCUT2D eigenvalue weighted by Gasteiger charge is 2.10. The number of nitrogens with zero attached hydrogens (tertiary/aromatic N) is 3. The standard InChI is InChI=1S/C20H22N3S/c1-5-11-23(12-6-2)16-8-10-18-20(14-16)24-19-13-15(22(3)4)7-9-17(19)21-18/h5-10,13-14H,1-2,11-12H2,3-4H3/q+1. The Morgan fingerprint density at radius 2 is 1.83 bits per heavy atom. The van der Waals surface area contributed by atoms with Gasteiger partial charge in [0.2, 0.25) is 5.36 Å². The summed E-state index contributed by atoms with van der Waals surface area (Å²) >= 11 is 1.78. The van der Waals surface area contributed by atoms with Crippen molar-refractivity contribution in [3.05, 3.63) is 67.1 Å². The molecule has 2 aliphatic rings. The second kappa shape index (κ2) is 6.97. The van der Waals surface area contributed by atoms with Gasteiger partial charge in [-0.05, 0) is 24.3 Å². The van der Waals surface area contributed by atoms with Crippen molar-refractivity contribution in [2.45, 2.75) is 0 Å². The Morgan fingerprint density at radius 1 is 1.08 bits per heavy atom. The van der Waals surface area contributed by atoms with Crippen molar-refractivity contribution in [2.24, 2.45) is 0 Å². The second-order valence-electron chi connectivity index (χ2n) is 5.89. The highest BCUT2D eigenvalue weighted by Crippen LogP contribution is 2.31. The van der Waals surface area contributed by atoms with Crippen LogP contribution in [0.25, 0.3) is 20.8 Å². The summed E-state index contributed by atoms with van der Waals surface area (Å²) in [6.07, 6.45) is 3.83. The molecule has 24 heavy (non-hydrogen) atoms. The van der Waals surface area contributed by atoms with Gasteiger partial charge in [0.15, 0.2) is 0 Å². The molecule has 1 aliphatic carbocycles. The fourth-order valence-electron chi connectivity index (χ4n) is 2.67. The van der Waals surface area contributed by atoms with E-state index in [4.69, 9.17) is 4.98 Å². The molecule has 0 aromatic heterocycles. The molecule has 0 bridgehead atoms. The zero-order valence-electron chi connectivity index (χ0n) is 14.2. The van der Waals surface area contributed by atoms with E-state index in [1.54, 1.807) is 11.3 Å². The first-order chi connectivity index (χ1) is 11.6. The summed E-state index contributed by atoms with van der Waals surface area (Å²) in [5.74, 6) is 0. The Kier molecular flexibility index (Phi) is 4.76. The summed E-state index contributed by atoms with van der Waals surface area (Å²) in [7, 11) is 4.11. The van der Waals surface area contributed by atoms with Crippen LogP contribution in [0.1, 0.15) is 0 Å². The van der Waals surface area contributed by atoms with Crippen LogP contribution >= 0.6 is 11.3 Å². The molecule has 0 atom stereocenters. The number of anilines is 1. The summed E-state index contributed by atoms with van der Waals surface area (Å²) in [6, 6.07) is 12.8. The lowest BCUT2D eigenvalue weighted by atomic mass is 10.2. The molecule has 0 fully saturated rings. The van der Waals surface area contributed by atoms with Gasteiger partial charge in [-0.1, -0.05) is 12.2 Å². The van der Waals surface area contributed by atoms with Gasteiger partial charge >= 0.3 is 0 Å². The third kappa shape index (κ3) is 3.24.